The van der Waals surface area contributed by atoms with E-state index in [9.17, 15) is 13.2 Å². The van der Waals surface area contributed by atoms with Gasteiger partial charge in [0.2, 0.25) is 0 Å². The van der Waals surface area contributed by atoms with Gasteiger partial charge < -0.3 is 10.6 Å². The lowest BCUT2D eigenvalue weighted by Crippen LogP contribution is -2.46. The normalized spacial score (nSPS) is 19.3. The zero-order chi connectivity index (χ0) is 17.8. The molecule has 0 aromatic carbocycles. The van der Waals surface area contributed by atoms with Crippen molar-refractivity contribution < 1.29 is 13.2 Å². The molecule has 0 amide bonds. The summed E-state index contributed by atoms with van der Waals surface area (Å²) in [4.78, 5) is 7.82. The summed E-state index contributed by atoms with van der Waals surface area (Å²) in [6.45, 7) is 5.09. The van der Waals surface area contributed by atoms with Gasteiger partial charge >= 0.3 is 6.18 Å². The van der Waals surface area contributed by atoms with Crippen molar-refractivity contribution in [3.8, 4) is 0 Å². The largest absolute Gasteiger partial charge is 0.434 e. The van der Waals surface area contributed by atoms with E-state index >= 15 is 0 Å². The van der Waals surface area contributed by atoms with Crippen molar-refractivity contribution in [3.63, 3.8) is 0 Å². The summed E-state index contributed by atoms with van der Waals surface area (Å²) in [7, 11) is 1.70. The van der Waals surface area contributed by atoms with E-state index in [1.54, 1.807) is 7.05 Å². The molecule has 0 saturated heterocycles. The van der Waals surface area contributed by atoms with Gasteiger partial charge in [-0.1, -0.05) is 13.8 Å². The summed E-state index contributed by atoms with van der Waals surface area (Å²) in [5.74, 6) is 0.701. The molecule has 1 aliphatic carbocycles. The number of aliphatic imine (C=N–C) groups is 1. The van der Waals surface area contributed by atoms with Crippen LogP contribution in [-0.2, 0) is 12.6 Å². The molecule has 1 aliphatic rings. The lowest BCUT2D eigenvalue weighted by molar-refractivity contribution is -0.140. The number of aromatic nitrogens is 1. The Morgan fingerprint density at radius 1 is 1.38 bits per heavy atom. The van der Waals surface area contributed by atoms with Crippen LogP contribution in [0.15, 0.2) is 10.4 Å². The lowest BCUT2D eigenvalue weighted by Gasteiger charge is -2.35. The molecular formula is C16H25F3N4S. The van der Waals surface area contributed by atoms with E-state index in [0.29, 0.717) is 35.4 Å². The molecule has 4 nitrogen and oxygen atoms in total. The summed E-state index contributed by atoms with van der Waals surface area (Å²) in [5.41, 5.74) is -0.397. The maximum absolute atomic E-state index is 12.5. The minimum absolute atomic E-state index is 0.404. The number of rotatable bonds is 4. The Kier molecular flexibility index (Phi) is 6.11. The van der Waals surface area contributed by atoms with E-state index in [1.807, 2.05) is 0 Å². The molecule has 1 saturated carbocycles. The van der Waals surface area contributed by atoms with E-state index in [4.69, 9.17) is 0 Å². The van der Waals surface area contributed by atoms with Gasteiger partial charge in [-0.05, 0) is 31.1 Å². The molecule has 1 heterocycles. The van der Waals surface area contributed by atoms with Crippen molar-refractivity contribution in [1.82, 2.24) is 15.6 Å². The monoisotopic (exact) mass is 362 g/mol. The molecule has 0 bridgehead atoms. The van der Waals surface area contributed by atoms with Crippen LogP contribution >= 0.6 is 11.3 Å². The molecule has 0 radical (unpaired) electrons. The van der Waals surface area contributed by atoms with Crippen molar-refractivity contribution >= 4 is 17.3 Å². The van der Waals surface area contributed by atoms with Gasteiger partial charge in [0.15, 0.2) is 11.7 Å². The molecule has 1 aromatic heterocycles. The average Bonchev–Trinajstić information content (AvgIpc) is 2.97. The summed E-state index contributed by atoms with van der Waals surface area (Å²) < 4.78 is 37.6. The number of thiazole rings is 1. The molecule has 1 aromatic rings. The van der Waals surface area contributed by atoms with Gasteiger partial charge in [-0.2, -0.15) is 13.2 Å². The second-order valence-corrected chi connectivity index (χ2v) is 7.90. The van der Waals surface area contributed by atoms with Crippen LogP contribution in [-0.4, -0.2) is 30.6 Å². The molecule has 136 valence electrons. The van der Waals surface area contributed by atoms with Crippen molar-refractivity contribution in [2.75, 3.05) is 13.6 Å². The first-order chi connectivity index (χ1) is 11.2. The third kappa shape index (κ3) is 5.65. The molecule has 0 aliphatic heterocycles. The highest BCUT2D eigenvalue weighted by Gasteiger charge is 2.33. The van der Waals surface area contributed by atoms with Gasteiger partial charge in [-0.25, -0.2) is 4.98 Å². The van der Waals surface area contributed by atoms with Gasteiger partial charge in [0.1, 0.15) is 0 Å². The molecule has 1 fully saturated rings. The van der Waals surface area contributed by atoms with Crippen LogP contribution in [0.1, 0.15) is 50.2 Å². The molecule has 24 heavy (non-hydrogen) atoms. The number of nitrogens with one attached hydrogen (secondary N) is 2. The number of alkyl halides is 3. The second kappa shape index (κ2) is 7.72. The Hall–Kier alpha value is -1.31. The molecular weight excluding hydrogens is 337 g/mol. The number of halogens is 3. The van der Waals surface area contributed by atoms with Crippen LogP contribution in [0.4, 0.5) is 13.2 Å². The van der Waals surface area contributed by atoms with E-state index in [-0.39, 0.29) is 0 Å². The van der Waals surface area contributed by atoms with Gasteiger partial charge in [-0.3, -0.25) is 4.99 Å². The highest BCUT2D eigenvalue weighted by Crippen LogP contribution is 2.35. The molecule has 2 rings (SSSR count). The molecule has 0 unspecified atom stereocenters. The minimum Gasteiger partial charge on any atom is -0.356 e. The Balaban J connectivity index is 1.75. The third-order valence-corrected chi connectivity index (χ3v) is 5.29. The van der Waals surface area contributed by atoms with Crippen molar-refractivity contribution in [3.05, 3.63) is 16.1 Å². The fourth-order valence-corrected chi connectivity index (χ4v) is 3.58. The number of nitrogens with zero attached hydrogens (tertiary/aromatic N) is 2. The van der Waals surface area contributed by atoms with Crippen LogP contribution < -0.4 is 10.6 Å². The van der Waals surface area contributed by atoms with Crippen LogP contribution in [0.3, 0.4) is 0 Å². The van der Waals surface area contributed by atoms with Crippen LogP contribution in [0, 0.1) is 5.41 Å². The fourth-order valence-electron chi connectivity index (χ4n) is 2.78. The molecule has 2 N–H and O–H groups in total. The van der Waals surface area contributed by atoms with E-state index < -0.39 is 11.9 Å². The number of guanidine groups is 1. The van der Waals surface area contributed by atoms with E-state index in [2.05, 4.69) is 34.5 Å². The smallest absolute Gasteiger partial charge is 0.356 e. The van der Waals surface area contributed by atoms with Crippen LogP contribution in [0.5, 0.6) is 0 Å². The fraction of sp³-hybridized carbons (Fsp3) is 0.750. The summed E-state index contributed by atoms with van der Waals surface area (Å²) in [6.07, 6.45) is 0.653. The number of hydrogen-bond donors (Lipinski definition) is 2. The first kappa shape index (κ1) is 19.0. The Morgan fingerprint density at radius 2 is 2.04 bits per heavy atom. The first-order valence-corrected chi connectivity index (χ1v) is 9.06. The van der Waals surface area contributed by atoms with Crippen LogP contribution in [0.25, 0.3) is 0 Å². The standard InChI is InChI=1S/C16H25F3N4S/c1-15(2)7-4-11(5-8-15)22-14(20-3)21-9-6-13-23-12(10-24-13)16(17,18)19/h10-11H,4-9H2,1-3H3,(H2,20,21,22). The zero-order valence-corrected chi connectivity index (χ0v) is 15.2. The summed E-state index contributed by atoms with van der Waals surface area (Å²) >= 11 is 1.04. The highest BCUT2D eigenvalue weighted by molar-refractivity contribution is 7.09. The Morgan fingerprint density at radius 3 is 2.58 bits per heavy atom. The summed E-state index contributed by atoms with van der Waals surface area (Å²) in [5, 5.41) is 8.10. The Labute approximate surface area is 145 Å². The van der Waals surface area contributed by atoms with Gasteiger partial charge in [0.25, 0.3) is 0 Å². The first-order valence-electron chi connectivity index (χ1n) is 8.18. The number of hydrogen-bond acceptors (Lipinski definition) is 3. The van der Waals surface area contributed by atoms with Gasteiger partial charge in [0.05, 0.1) is 5.01 Å². The van der Waals surface area contributed by atoms with Crippen molar-refractivity contribution in [1.29, 1.82) is 0 Å². The lowest BCUT2D eigenvalue weighted by atomic mass is 9.75. The highest BCUT2D eigenvalue weighted by atomic mass is 32.1. The average molecular weight is 362 g/mol. The van der Waals surface area contributed by atoms with Crippen LogP contribution in [0.2, 0.25) is 0 Å². The SMILES string of the molecule is CN=C(NCCc1nc(C(F)(F)F)cs1)NC1CCC(C)(C)CC1. The minimum atomic E-state index is -4.37. The van der Waals surface area contributed by atoms with Crippen molar-refractivity contribution in [2.45, 2.75) is 58.2 Å². The zero-order valence-electron chi connectivity index (χ0n) is 14.3. The maximum Gasteiger partial charge on any atom is 0.434 e. The quantitative estimate of drug-likeness (QED) is 0.632. The van der Waals surface area contributed by atoms with Crippen molar-refractivity contribution in [2.24, 2.45) is 10.4 Å². The predicted octanol–water partition coefficient (Wildman–Crippen LogP) is 3.84. The van der Waals surface area contributed by atoms with E-state index in [0.717, 1.165) is 29.6 Å². The summed E-state index contributed by atoms with van der Waals surface area (Å²) in [6, 6.07) is 0.404. The topological polar surface area (TPSA) is 49.3 Å². The molecule has 8 heteroatoms. The maximum atomic E-state index is 12.5. The van der Waals surface area contributed by atoms with Gasteiger partial charge in [0, 0.05) is 31.4 Å². The Bertz CT molecular complexity index is 556. The second-order valence-electron chi connectivity index (χ2n) is 6.96. The predicted molar refractivity (Wildman–Crippen MR) is 91.4 cm³/mol. The molecule has 0 spiro atoms. The van der Waals surface area contributed by atoms with Gasteiger partial charge in [-0.15, -0.1) is 11.3 Å². The molecule has 0 atom stereocenters. The third-order valence-electron chi connectivity index (χ3n) is 4.38. The van der Waals surface area contributed by atoms with E-state index in [1.165, 1.54) is 12.8 Å².